The van der Waals surface area contributed by atoms with Gasteiger partial charge in [0.25, 0.3) is 0 Å². The van der Waals surface area contributed by atoms with E-state index in [-0.39, 0.29) is 5.75 Å². The highest BCUT2D eigenvalue weighted by molar-refractivity contribution is 9.08. The normalized spacial score (nSPS) is 10.4. The number of ether oxygens (including phenoxy) is 1. The van der Waals surface area contributed by atoms with Crippen LogP contribution in [0.4, 0.5) is 13.2 Å². The Morgan fingerprint density at radius 3 is 2.17 bits per heavy atom. The largest absolute Gasteiger partial charge is 0.457 e. The molecule has 0 spiro atoms. The first-order valence-corrected chi connectivity index (χ1v) is 6.19. The van der Waals surface area contributed by atoms with E-state index >= 15 is 0 Å². The summed E-state index contributed by atoms with van der Waals surface area (Å²) in [5.41, 5.74) is 0.555. The van der Waals surface area contributed by atoms with Crippen LogP contribution in [0.1, 0.15) is 5.56 Å². The van der Waals surface area contributed by atoms with Gasteiger partial charge in [0.05, 0.1) is 0 Å². The Balaban J connectivity index is 2.33. The molecule has 94 valence electrons. The molecule has 0 fully saturated rings. The predicted octanol–water partition coefficient (Wildman–Crippen LogP) is 4.79. The third-order valence-corrected chi connectivity index (χ3v) is 2.83. The molecule has 0 saturated carbocycles. The van der Waals surface area contributed by atoms with Crippen LogP contribution in [0.2, 0.25) is 0 Å². The van der Waals surface area contributed by atoms with Gasteiger partial charge in [-0.2, -0.15) is 0 Å². The summed E-state index contributed by atoms with van der Waals surface area (Å²) in [5.74, 6) is -1.48. The van der Waals surface area contributed by atoms with Gasteiger partial charge in [-0.1, -0.05) is 15.9 Å². The summed E-state index contributed by atoms with van der Waals surface area (Å²) in [6.07, 6.45) is 0. The second-order valence-electron chi connectivity index (χ2n) is 3.59. The van der Waals surface area contributed by atoms with Crippen molar-refractivity contribution in [2.45, 2.75) is 5.33 Å². The van der Waals surface area contributed by atoms with Gasteiger partial charge in [-0.3, -0.25) is 0 Å². The number of benzene rings is 2. The van der Waals surface area contributed by atoms with E-state index in [1.54, 1.807) is 0 Å². The Morgan fingerprint density at radius 2 is 1.56 bits per heavy atom. The van der Waals surface area contributed by atoms with Gasteiger partial charge in [-0.15, -0.1) is 0 Å². The van der Waals surface area contributed by atoms with Crippen molar-refractivity contribution in [2.24, 2.45) is 0 Å². The standard InChI is InChI=1S/C13H8BrF3O/c14-7-8-3-9(15)1-2-13(8)18-12-5-10(16)4-11(17)6-12/h1-6H,7H2. The van der Waals surface area contributed by atoms with Crippen LogP contribution < -0.4 is 4.74 Å². The first kappa shape index (κ1) is 13.0. The second-order valence-corrected chi connectivity index (χ2v) is 4.15. The summed E-state index contributed by atoms with van der Waals surface area (Å²) in [6.45, 7) is 0. The fourth-order valence-corrected chi connectivity index (χ4v) is 1.90. The number of hydrogen-bond donors (Lipinski definition) is 0. The highest BCUT2D eigenvalue weighted by Gasteiger charge is 2.07. The molecule has 18 heavy (non-hydrogen) atoms. The van der Waals surface area contributed by atoms with E-state index < -0.39 is 17.5 Å². The molecule has 2 aromatic carbocycles. The quantitative estimate of drug-likeness (QED) is 0.740. The van der Waals surface area contributed by atoms with Gasteiger partial charge in [-0.25, -0.2) is 13.2 Å². The van der Waals surface area contributed by atoms with Gasteiger partial charge in [0, 0.05) is 29.1 Å². The van der Waals surface area contributed by atoms with Crippen molar-refractivity contribution in [3.63, 3.8) is 0 Å². The van der Waals surface area contributed by atoms with Crippen molar-refractivity contribution in [2.75, 3.05) is 0 Å². The minimum atomic E-state index is -0.729. The Kier molecular flexibility index (Phi) is 3.91. The predicted molar refractivity (Wildman–Crippen MR) is 65.5 cm³/mol. The molecule has 0 aromatic heterocycles. The molecule has 0 saturated heterocycles. The van der Waals surface area contributed by atoms with Gasteiger partial charge < -0.3 is 4.74 Å². The maximum absolute atomic E-state index is 13.0. The summed E-state index contributed by atoms with van der Waals surface area (Å²) in [6, 6.07) is 6.80. The molecule has 0 radical (unpaired) electrons. The van der Waals surface area contributed by atoms with Gasteiger partial charge in [0.2, 0.25) is 0 Å². The van der Waals surface area contributed by atoms with Crippen molar-refractivity contribution >= 4 is 15.9 Å². The number of rotatable bonds is 3. The van der Waals surface area contributed by atoms with E-state index in [2.05, 4.69) is 15.9 Å². The van der Waals surface area contributed by atoms with Crippen LogP contribution in [0.5, 0.6) is 11.5 Å². The fraction of sp³-hybridized carbons (Fsp3) is 0.0769. The lowest BCUT2D eigenvalue weighted by atomic mass is 10.2. The summed E-state index contributed by atoms with van der Waals surface area (Å²) < 4.78 is 44.3. The van der Waals surface area contributed by atoms with Crippen LogP contribution in [0.25, 0.3) is 0 Å². The van der Waals surface area contributed by atoms with E-state index in [1.807, 2.05) is 0 Å². The number of alkyl halides is 1. The maximum atomic E-state index is 13.0. The van der Waals surface area contributed by atoms with Crippen molar-refractivity contribution in [1.29, 1.82) is 0 Å². The molecule has 0 atom stereocenters. The SMILES string of the molecule is Fc1cc(F)cc(Oc2ccc(F)cc2CBr)c1. The number of halogens is 4. The number of hydrogen-bond acceptors (Lipinski definition) is 1. The molecule has 5 heteroatoms. The molecule has 0 aliphatic carbocycles. The van der Waals surface area contributed by atoms with Crippen LogP contribution in [0, 0.1) is 17.5 Å². The maximum Gasteiger partial charge on any atom is 0.133 e. The third kappa shape index (κ3) is 3.04. The highest BCUT2D eigenvalue weighted by Crippen LogP contribution is 2.28. The molecule has 0 unspecified atom stereocenters. The minimum absolute atomic E-state index is 0.0290. The highest BCUT2D eigenvalue weighted by atomic mass is 79.9. The molecule has 0 aliphatic heterocycles. The molecule has 0 bridgehead atoms. The topological polar surface area (TPSA) is 9.23 Å². The summed E-state index contributed by atoms with van der Waals surface area (Å²) in [4.78, 5) is 0. The lowest BCUT2D eigenvalue weighted by Gasteiger charge is -2.10. The van der Waals surface area contributed by atoms with E-state index in [4.69, 9.17) is 4.74 Å². The van der Waals surface area contributed by atoms with Crippen LogP contribution in [0.15, 0.2) is 36.4 Å². The van der Waals surface area contributed by atoms with E-state index in [0.29, 0.717) is 16.6 Å². The lowest BCUT2D eigenvalue weighted by molar-refractivity contribution is 0.463. The van der Waals surface area contributed by atoms with Gasteiger partial charge in [0.15, 0.2) is 0 Å². The molecular weight excluding hydrogens is 309 g/mol. The van der Waals surface area contributed by atoms with Gasteiger partial charge in [-0.05, 0) is 18.2 Å². The first-order chi connectivity index (χ1) is 8.58. The van der Waals surface area contributed by atoms with Crippen molar-refractivity contribution < 1.29 is 17.9 Å². The second kappa shape index (κ2) is 5.44. The van der Waals surface area contributed by atoms with E-state index in [1.165, 1.54) is 18.2 Å². The summed E-state index contributed by atoms with van der Waals surface area (Å²) in [7, 11) is 0. The zero-order chi connectivity index (χ0) is 13.1. The Morgan fingerprint density at radius 1 is 0.889 bits per heavy atom. The van der Waals surface area contributed by atoms with Crippen molar-refractivity contribution in [3.8, 4) is 11.5 Å². The molecule has 0 N–H and O–H groups in total. The van der Waals surface area contributed by atoms with E-state index in [0.717, 1.165) is 18.2 Å². The molecule has 2 rings (SSSR count). The zero-order valence-electron chi connectivity index (χ0n) is 9.09. The van der Waals surface area contributed by atoms with Crippen molar-refractivity contribution in [3.05, 3.63) is 59.4 Å². The van der Waals surface area contributed by atoms with E-state index in [9.17, 15) is 13.2 Å². The molecule has 1 nitrogen and oxygen atoms in total. The average Bonchev–Trinajstić information content (AvgIpc) is 2.30. The first-order valence-electron chi connectivity index (χ1n) is 5.07. The zero-order valence-corrected chi connectivity index (χ0v) is 10.7. The summed E-state index contributed by atoms with van der Waals surface area (Å²) >= 11 is 3.19. The molecule has 0 heterocycles. The summed E-state index contributed by atoms with van der Waals surface area (Å²) in [5, 5.41) is 0.373. The molecule has 0 amide bonds. The van der Waals surface area contributed by atoms with Gasteiger partial charge >= 0.3 is 0 Å². The van der Waals surface area contributed by atoms with Crippen LogP contribution in [-0.2, 0) is 5.33 Å². The Labute approximate surface area is 110 Å². The molecule has 2 aromatic rings. The Bertz CT molecular complexity index is 552. The minimum Gasteiger partial charge on any atom is -0.457 e. The van der Waals surface area contributed by atoms with Gasteiger partial charge in [0.1, 0.15) is 29.0 Å². The van der Waals surface area contributed by atoms with Crippen molar-refractivity contribution in [1.82, 2.24) is 0 Å². The fourth-order valence-electron chi connectivity index (χ4n) is 1.47. The monoisotopic (exact) mass is 316 g/mol. The Hall–Kier alpha value is -1.49. The lowest BCUT2D eigenvalue weighted by Crippen LogP contribution is -1.92. The van der Waals surface area contributed by atoms with Crippen LogP contribution in [-0.4, -0.2) is 0 Å². The van der Waals surface area contributed by atoms with Crippen LogP contribution in [0.3, 0.4) is 0 Å². The third-order valence-electron chi connectivity index (χ3n) is 2.23. The smallest absolute Gasteiger partial charge is 0.133 e. The molecule has 0 aliphatic rings. The average molecular weight is 317 g/mol. The molecular formula is C13H8BrF3O. The van der Waals surface area contributed by atoms with Crippen LogP contribution >= 0.6 is 15.9 Å².